The second-order valence-corrected chi connectivity index (χ2v) is 4.16. The molecule has 1 heterocycles. The molecule has 0 unspecified atom stereocenters. The number of rotatable bonds is 2. The number of benzene rings is 1. The van der Waals surface area contributed by atoms with Crippen LogP contribution in [0.15, 0.2) is 29.2 Å². The van der Waals surface area contributed by atoms with Crippen LogP contribution in [-0.4, -0.2) is 17.6 Å². The molecule has 0 aliphatic rings. The van der Waals surface area contributed by atoms with E-state index in [1.54, 1.807) is 16.7 Å². The Morgan fingerprint density at radius 1 is 1.47 bits per heavy atom. The van der Waals surface area contributed by atoms with Gasteiger partial charge in [0.25, 0.3) is 0 Å². The molecule has 0 saturated carbocycles. The SMILES string of the molecule is COC(=O)Cn1cc(C#N)c(=O)c2cccc(C)c21. The minimum Gasteiger partial charge on any atom is -0.468 e. The van der Waals surface area contributed by atoms with Crippen molar-refractivity contribution in [3.63, 3.8) is 0 Å². The van der Waals surface area contributed by atoms with E-state index in [-0.39, 0.29) is 17.5 Å². The summed E-state index contributed by atoms with van der Waals surface area (Å²) >= 11 is 0. The summed E-state index contributed by atoms with van der Waals surface area (Å²) in [5.74, 6) is -0.433. The zero-order valence-electron chi connectivity index (χ0n) is 10.6. The first-order chi connectivity index (χ1) is 9.08. The fraction of sp³-hybridized carbons (Fsp3) is 0.214. The van der Waals surface area contributed by atoms with Gasteiger partial charge in [0, 0.05) is 11.6 Å². The summed E-state index contributed by atoms with van der Waals surface area (Å²) < 4.78 is 6.21. The average molecular weight is 256 g/mol. The Morgan fingerprint density at radius 3 is 2.84 bits per heavy atom. The van der Waals surface area contributed by atoms with Crippen molar-refractivity contribution in [3.8, 4) is 6.07 Å². The van der Waals surface area contributed by atoms with Gasteiger partial charge in [0.2, 0.25) is 5.43 Å². The van der Waals surface area contributed by atoms with Crippen molar-refractivity contribution in [2.24, 2.45) is 0 Å². The molecule has 1 aromatic carbocycles. The van der Waals surface area contributed by atoms with Gasteiger partial charge in [-0.2, -0.15) is 5.26 Å². The Balaban J connectivity index is 2.82. The molecule has 1 aromatic heterocycles. The van der Waals surface area contributed by atoms with E-state index in [1.807, 2.05) is 19.1 Å². The summed E-state index contributed by atoms with van der Waals surface area (Å²) in [6.45, 7) is 1.81. The summed E-state index contributed by atoms with van der Waals surface area (Å²) in [7, 11) is 1.30. The minimum absolute atomic E-state index is 0.0157. The number of aryl methyl sites for hydroxylation is 1. The number of ether oxygens (including phenoxy) is 1. The molecule has 96 valence electrons. The van der Waals surface area contributed by atoms with Gasteiger partial charge in [0.15, 0.2) is 0 Å². The number of fused-ring (bicyclic) bond motifs is 1. The first-order valence-electron chi connectivity index (χ1n) is 5.68. The monoisotopic (exact) mass is 256 g/mol. The van der Waals surface area contributed by atoms with Crippen LogP contribution in [-0.2, 0) is 16.1 Å². The zero-order chi connectivity index (χ0) is 14.0. The third kappa shape index (κ3) is 2.20. The molecule has 0 atom stereocenters. The van der Waals surface area contributed by atoms with Crippen LogP contribution in [0.2, 0.25) is 0 Å². The van der Waals surface area contributed by atoms with Crippen LogP contribution in [0.25, 0.3) is 10.9 Å². The van der Waals surface area contributed by atoms with E-state index in [0.717, 1.165) is 5.56 Å². The lowest BCUT2D eigenvalue weighted by atomic mass is 10.1. The van der Waals surface area contributed by atoms with Gasteiger partial charge >= 0.3 is 5.97 Å². The second kappa shape index (κ2) is 4.94. The summed E-state index contributed by atoms with van der Waals surface area (Å²) in [6, 6.07) is 7.11. The van der Waals surface area contributed by atoms with E-state index in [0.29, 0.717) is 10.9 Å². The number of carbonyl (C=O) groups excluding carboxylic acids is 1. The molecule has 5 heteroatoms. The van der Waals surface area contributed by atoms with Crippen molar-refractivity contribution in [1.29, 1.82) is 5.26 Å². The third-order valence-corrected chi connectivity index (χ3v) is 2.95. The zero-order valence-corrected chi connectivity index (χ0v) is 10.6. The Kier molecular flexibility index (Phi) is 3.34. The summed E-state index contributed by atoms with van der Waals surface area (Å²) in [5.41, 5.74) is 1.21. The normalized spacial score (nSPS) is 10.2. The molecule has 5 nitrogen and oxygen atoms in total. The second-order valence-electron chi connectivity index (χ2n) is 4.16. The number of hydrogen-bond donors (Lipinski definition) is 0. The molecule has 0 N–H and O–H groups in total. The van der Waals surface area contributed by atoms with Crippen LogP contribution in [0.1, 0.15) is 11.1 Å². The summed E-state index contributed by atoms with van der Waals surface area (Å²) in [4.78, 5) is 23.5. The predicted octanol–water partition coefficient (Wildman–Crippen LogP) is 1.35. The van der Waals surface area contributed by atoms with Crippen LogP contribution in [0, 0.1) is 18.3 Å². The standard InChI is InChI=1S/C14H12N2O3/c1-9-4-3-5-11-13(9)16(8-12(17)19-2)7-10(6-15)14(11)18/h3-5,7H,8H2,1-2H3. The Hall–Kier alpha value is -2.61. The maximum atomic E-state index is 12.1. The summed E-state index contributed by atoms with van der Waals surface area (Å²) in [6.07, 6.45) is 1.40. The fourth-order valence-electron chi connectivity index (χ4n) is 2.06. The number of nitriles is 1. The molecule has 0 aliphatic carbocycles. The quantitative estimate of drug-likeness (QED) is 0.760. The topological polar surface area (TPSA) is 72.1 Å². The first-order valence-corrected chi connectivity index (χ1v) is 5.68. The number of aromatic nitrogens is 1. The number of esters is 1. The lowest BCUT2D eigenvalue weighted by Crippen LogP contribution is -2.18. The van der Waals surface area contributed by atoms with Crippen LogP contribution >= 0.6 is 0 Å². The van der Waals surface area contributed by atoms with Gasteiger partial charge in [-0.3, -0.25) is 9.59 Å². The Bertz CT molecular complexity index is 754. The molecular weight excluding hydrogens is 244 g/mol. The Morgan fingerprint density at radius 2 is 2.21 bits per heavy atom. The van der Waals surface area contributed by atoms with Crippen molar-refractivity contribution in [1.82, 2.24) is 4.57 Å². The number of carbonyl (C=O) groups is 1. The maximum Gasteiger partial charge on any atom is 0.325 e. The van der Waals surface area contributed by atoms with Crippen LogP contribution < -0.4 is 5.43 Å². The van der Waals surface area contributed by atoms with E-state index in [4.69, 9.17) is 5.26 Å². The van der Waals surface area contributed by atoms with Gasteiger partial charge in [-0.25, -0.2) is 0 Å². The number of hydrogen-bond acceptors (Lipinski definition) is 4. The minimum atomic E-state index is -0.433. The van der Waals surface area contributed by atoms with Crippen molar-refractivity contribution in [2.45, 2.75) is 13.5 Å². The average Bonchev–Trinajstić information content (AvgIpc) is 2.41. The smallest absolute Gasteiger partial charge is 0.325 e. The highest BCUT2D eigenvalue weighted by Crippen LogP contribution is 2.16. The third-order valence-electron chi connectivity index (χ3n) is 2.95. The van der Waals surface area contributed by atoms with E-state index in [2.05, 4.69) is 4.74 Å². The Labute approximate surface area is 109 Å². The van der Waals surface area contributed by atoms with Gasteiger partial charge in [-0.15, -0.1) is 0 Å². The van der Waals surface area contributed by atoms with Crippen molar-refractivity contribution < 1.29 is 9.53 Å². The molecule has 0 fully saturated rings. The molecule has 0 amide bonds. The maximum absolute atomic E-state index is 12.1. The van der Waals surface area contributed by atoms with Crippen LogP contribution in [0.4, 0.5) is 0 Å². The molecular formula is C14H12N2O3. The van der Waals surface area contributed by atoms with Gasteiger partial charge in [-0.05, 0) is 18.6 Å². The lowest BCUT2D eigenvalue weighted by molar-refractivity contribution is -0.141. The van der Waals surface area contributed by atoms with Crippen molar-refractivity contribution in [3.05, 3.63) is 45.7 Å². The number of pyridine rings is 1. The number of nitrogens with zero attached hydrogens (tertiary/aromatic N) is 2. The molecule has 2 rings (SSSR count). The first kappa shape index (κ1) is 12.8. The van der Waals surface area contributed by atoms with Crippen molar-refractivity contribution >= 4 is 16.9 Å². The van der Waals surface area contributed by atoms with Crippen LogP contribution in [0.3, 0.4) is 0 Å². The van der Waals surface area contributed by atoms with Gasteiger partial charge in [0.1, 0.15) is 18.2 Å². The molecule has 0 aliphatic heterocycles. The molecule has 0 bridgehead atoms. The number of para-hydroxylation sites is 1. The highest BCUT2D eigenvalue weighted by Gasteiger charge is 2.12. The summed E-state index contributed by atoms with van der Waals surface area (Å²) in [5, 5.41) is 9.42. The molecule has 2 aromatic rings. The van der Waals surface area contributed by atoms with Crippen molar-refractivity contribution in [2.75, 3.05) is 7.11 Å². The molecule has 19 heavy (non-hydrogen) atoms. The lowest BCUT2D eigenvalue weighted by Gasteiger charge is -2.12. The number of methoxy groups -OCH3 is 1. The van der Waals surface area contributed by atoms with E-state index >= 15 is 0 Å². The molecule has 0 spiro atoms. The predicted molar refractivity (Wildman–Crippen MR) is 69.7 cm³/mol. The molecule has 0 radical (unpaired) electrons. The van der Waals surface area contributed by atoms with Gasteiger partial charge in [0.05, 0.1) is 12.6 Å². The highest BCUT2D eigenvalue weighted by atomic mass is 16.5. The van der Waals surface area contributed by atoms with Gasteiger partial charge < -0.3 is 9.30 Å². The fourth-order valence-corrected chi connectivity index (χ4v) is 2.06. The van der Waals surface area contributed by atoms with Crippen LogP contribution in [0.5, 0.6) is 0 Å². The highest BCUT2D eigenvalue weighted by molar-refractivity contribution is 5.84. The molecule has 0 saturated heterocycles. The van der Waals surface area contributed by atoms with Gasteiger partial charge in [-0.1, -0.05) is 12.1 Å². The van der Waals surface area contributed by atoms with E-state index < -0.39 is 5.97 Å². The van der Waals surface area contributed by atoms with E-state index in [1.165, 1.54) is 13.3 Å². The van der Waals surface area contributed by atoms with E-state index in [9.17, 15) is 9.59 Å². The largest absolute Gasteiger partial charge is 0.468 e.